The smallest absolute Gasteiger partial charge is 0.308 e. The number of anilines is 3. The van der Waals surface area contributed by atoms with Crippen LogP contribution >= 0.6 is 0 Å². The summed E-state index contributed by atoms with van der Waals surface area (Å²) in [5.41, 5.74) is 1.60. The Morgan fingerprint density at radius 3 is 2.24 bits per heavy atom. The Hall–Kier alpha value is -3.46. The minimum atomic E-state index is -4.30. The summed E-state index contributed by atoms with van der Waals surface area (Å²) in [6.07, 6.45) is 0. The molecule has 0 saturated carbocycles. The van der Waals surface area contributed by atoms with Crippen LogP contribution in [0.5, 0.6) is 0 Å². The molecule has 29 heavy (non-hydrogen) atoms. The second kappa shape index (κ2) is 8.27. The van der Waals surface area contributed by atoms with Gasteiger partial charge in [-0.1, -0.05) is 24.3 Å². The molecule has 0 aliphatic carbocycles. The average molecular weight is 417 g/mol. The second-order valence-corrected chi connectivity index (χ2v) is 7.81. The van der Waals surface area contributed by atoms with Gasteiger partial charge in [0, 0.05) is 17.4 Å². The topological polar surface area (TPSA) is 87.3 Å². The third-order valence-electron chi connectivity index (χ3n) is 3.95. The average Bonchev–Trinajstić information content (AvgIpc) is 2.64. The zero-order valence-electron chi connectivity index (χ0n) is 15.2. The molecule has 0 aliphatic heterocycles. The molecule has 0 spiro atoms. The molecule has 3 rings (SSSR count). The number of benzene rings is 3. The Kier molecular flexibility index (Phi) is 5.79. The van der Waals surface area contributed by atoms with Gasteiger partial charge in [0.25, 0.3) is 10.0 Å². The summed E-state index contributed by atoms with van der Waals surface area (Å²) in [7, 11) is -4.30. The van der Waals surface area contributed by atoms with Crippen molar-refractivity contribution in [2.75, 3.05) is 15.4 Å². The minimum Gasteiger partial charge on any atom is -0.308 e. The number of nitrogens with one attached hydrogen (secondary N) is 3. The number of sulfonamides is 1. The highest BCUT2D eigenvalue weighted by Gasteiger charge is 2.20. The van der Waals surface area contributed by atoms with Crippen LogP contribution in [0.25, 0.3) is 0 Å². The lowest BCUT2D eigenvalue weighted by atomic mass is 10.2. The van der Waals surface area contributed by atoms with Gasteiger partial charge in [0.15, 0.2) is 0 Å². The fourth-order valence-corrected chi connectivity index (χ4v) is 3.70. The first-order valence-electron chi connectivity index (χ1n) is 8.46. The first kappa shape index (κ1) is 20.3. The Balaban J connectivity index is 1.79. The molecule has 150 valence electrons. The van der Waals surface area contributed by atoms with Crippen LogP contribution < -0.4 is 15.4 Å². The maximum atomic E-state index is 13.9. The molecular formula is C20H17F2N3O3S. The lowest BCUT2D eigenvalue weighted by molar-refractivity contribution is 0.262. The molecule has 3 aromatic carbocycles. The van der Waals surface area contributed by atoms with Gasteiger partial charge < -0.3 is 10.6 Å². The van der Waals surface area contributed by atoms with Gasteiger partial charge in [0.1, 0.15) is 16.5 Å². The van der Waals surface area contributed by atoms with E-state index in [-0.39, 0.29) is 5.69 Å². The van der Waals surface area contributed by atoms with E-state index in [1.54, 1.807) is 43.3 Å². The van der Waals surface area contributed by atoms with E-state index in [0.29, 0.717) is 23.0 Å². The van der Waals surface area contributed by atoms with E-state index in [1.807, 2.05) is 6.07 Å². The van der Waals surface area contributed by atoms with Crippen LogP contribution in [0.1, 0.15) is 5.56 Å². The van der Waals surface area contributed by atoms with Crippen LogP contribution in [-0.2, 0) is 10.0 Å². The summed E-state index contributed by atoms with van der Waals surface area (Å²) >= 11 is 0. The number of urea groups is 1. The molecule has 0 saturated heterocycles. The molecule has 0 unspecified atom stereocenters. The van der Waals surface area contributed by atoms with Crippen molar-refractivity contribution in [3.05, 3.63) is 83.9 Å². The highest BCUT2D eigenvalue weighted by molar-refractivity contribution is 7.92. The molecule has 3 aromatic rings. The fourth-order valence-electron chi connectivity index (χ4n) is 2.52. The number of para-hydroxylation sites is 1. The SMILES string of the molecule is Cc1ccc(NC(=O)Nc2ccccc2)cc1NS(=O)(=O)c1ccc(F)cc1F. The number of hydrogen-bond acceptors (Lipinski definition) is 3. The molecule has 0 aliphatic rings. The number of halogens is 2. The van der Waals surface area contributed by atoms with Gasteiger partial charge in [-0.25, -0.2) is 22.0 Å². The van der Waals surface area contributed by atoms with Crippen molar-refractivity contribution in [2.24, 2.45) is 0 Å². The van der Waals surface area contributed by atoms with E-state index in [0.717, 1.165) is 12.1 Å². The molecule has 9 heteroatoms. The zero-order valence-corrected chi connectivity index (χ0v) is 16.1. The molecule has 0 fully saturated rings. The maximum absolute atomic E-state index is 13.9. The van der Waals surface area contributed by atoms with E-state index in [1.165, 1.54) is 6.07 Å². The number of carbonyl (C=O) groups is 1. The largest absolute Gasteiger partial charge is 0.323 e. The van der Waals surface area contributed by atoms with Gasteiger partial charge in [0.05, 0.1) is 5.69 Å². The molecule has 3 N–H and O–H groups in total. The molecule has 2 amide bonds. The van der Waals surface area contributed by atoms with Crippen molar-refractivity contribution >= 4 is 33.1 Å². The van der Waals surface area contributed by atoms with Crippen molar-refractivity contribution in [1.29, 1.82) is 0 Å². The Bertz CT molecular complexity index is 1150. The molecule has 0 aromatic heterocycles. The quantitative estimate of drug-likeness (QED) is 0.561. The summed E-state index contributed by atoms with van der Waals surface area (Å²) < 4.78 is 54.2. The Labute approximate surface area is 166 Å². The summed E-state index contributed by atoms with van der Waals surface area (Å²) in [6, 6.07) is 15.0. The molecule has 0 bridgehead atoms. The highest BCUT2D eigenvalue weighted by Crippen LogP contribution is 2.25. The van der Waals surface area contributed by atoms with Crippen molar-refractivity contribution < 1.29 is 22.0 Å². The van der Waals surface area contributed by atoms with Gasteiger partial charge in [-0.3, -0.25) is 4.72 Å². The van der Waals surface area contributed by atoms with Crippen LogP contribution in [0.4, 0.5) is 30.6 Å². The molecule has 0 atom stereocenters. The van der Waals surface area contributed by atoms with Crippen LogP contribution in [-0.4, -0.2) is 14.4 Å². The van der Waals surface area contributed by atoms with Crippen molar-refractivity contribution in [3.63, 3.8) is 0 Å². The predicted octanol–water partition coefficient (Wildman–Crippen LogP) is 4.72. The van der Waals surface area contributed by atoms with E-state index < -0.39 is 32.6 Å². The van der Waals surface area contributed by atoms with Crippen LogP contribution in [0.3, 0.4) is 0 Å². The summed E-state index contributed by atoms with van der Waals surface area (Å²) in [4.78, 5) is 11.4. The number of rotatable bonds is 5. The van der Waals surface area contributed by atoms with E-state index in [2.05, 4.69) is 15.4 Å². The van der Waals surface area contributed by atoms with Crippen molar-refractivity contribution in [1.82, 2.24) is 0 Å². The third-order valence-corrected chi connectivity index (χ3v) is 5.35. The van der Waals surface area contributed by atoms with Gasteiger partial charge in [-0.15, -0.1) is 0 Å². The Morgan fingerprint density at radius 2 is 1.55 bits per heavy atom. The second-order valence-electron chi connectivity index (χ2n) is 6.16. The number of carbonyl (C=O) groups excluding carboxylic acids is 1. The molecule has 6 nitrogen and oxygen atoms in total. The van der Waals surface area contributed by atoms with Crippen LogP contribution in [0.2, 0.25) is 0 Å². The number of amides is 2. The summed E-state index contributed by atoms with van der Waals surface area (Å²) in [5.74, 6) is -2.08. The zero-order chi connectivity index (χ0) is 21.0. The molecule has 0 radical (unpaired) electrons. The van der Waals surface area contributed by atoms with E-state index in [9.17, 15) is 22.0 Å². The van der Waals surface area contributed by atoms with Crippen molar-refractivity contribution in [2.45, 2.75) is 11.8 Å². The lowest BCUT2D eigenvalue weighted by Gasteiger charge is -2.14. The standard InChI is InChI=1S/C20H17F2N3O3S/c1-13-7-9-16(24-20(26)23-15-5-3-2-4-6-15)12-18(13)25-29(27,28)19-10-8-14(21)11-17(19)22/h2-12,25H,1H3,(H2,23,24,26). The minimum absolute atomic E-state index is 0.145. The molecule has 0 heterocycles. The van der Waals surface area contributed by atoms with Gasteiger partial charge in [-0.2, -0.15) is 0 Å². The normalized spacial score (nSPS) is 11.0. The fraction of sp³-hybridized carbons (Fsp3) is 0.0500. The Morgan fingerprint density at radius 1 is 0.862 bits per heavy atom. The van der Waals surface area contributed by atoms with Gasteiger partial charge in [0.2, 0.25) is 0 Å². The highest BCUT2D eigenvalue weighted by atomic mass is 32.2. The number of aryl methyl sites for hydroxylation is 1. The van der Waals surface area contributed by atoms with E-state index >= 15 is 0 Å². The first-order valence-corrected chi connectivity index (χ1v) is 9.94. The number of hydrogen-bond donors (Lipinski definition) is 3. The maximum Gasteiger partial charge on any atom is 0.323 e. The third kappa shape index (κ3) is 5.08. The van der Waals surface area contributed by atoms with Crippen LogP contribution in [0, 0.1) is 18.6 Å². The van der Waals surface area contributed by atoms with Crippen molar-refractivity contribution in [3.8, 4) is 0 Å². The van der Waals surface area contributed by atoms with Crippen LogP contribution in [0.15, 0.2) is 71.6 Å². The summed E-state index contributed by atoms with van der Waals surface area (Å²) in [5, 5.41) is 5.23. The lowest BCUT2D eigenvalue weighted by Crippen LogP contribution is -2.20. The summed E-state index contributed by atoms with van der Waals surface area (Å²) in [6.45, 7) is 1.65. The monoisotopic (exact) mass is 417 g/mol. The van der Waals surface area contributed by atoms with Gasteiger partial charge >= 0.3 is 6.03 Å². The first-order chi connectivity index (χ1) is 13.7. The van der Waals surface area contributed by atoms with E-state index in [4.69, 9.17) is 0 Å². The molecular weight excluding hydrogens is 400 g/mol. The van der Waals surface area contributed by atoms with Gasteiger partial charge in [-0.05, 0) is 48.9 Å². The predicted molar refractivity (Wildman–Crippen MR) is 107 cm³/mol.